The molecule has 5 aromatic carbocycles. The number of nitrogens with zero attached hydrogens (tertiary/aromatic N) is 2. The number of fused-ring (bicyclic) bond motifs is 1. The van der Waals surface area contributed by atoms with Crippen LogP contribution in [0.1, 0.15) is 32.6 Å². The maximum atomic E-state index is 14.5. The standard InChI is InChI=1S/C40H35N5O3S/c1-27-21-23-29(24-22-27)35(46)26-45-34-20-12-11-19-32(34)36(30-15-7-3-8-16-30)43-37(39(45)48)44-38(47)33(25-28-13-5-2-6-14-28)42-40(49)41-31-17-9-4-10-18-31/h2-24,33,37H,25-26H2,1H3,(H,44,47)(H2,41,42,49)/t33-,37?/m1/s1. The van der Waals surface area contributed by atoms with Crippen LogP contribution in [0.3, 0.4) is 0 Å². The molecule has 3 N–H and O–H groups in total. The largest absolute Gasteiger partial charge is 0.350 e. The van der Waals surface area contributed by atoms with Gasteiger partial charge in [-0.2, -0.15) is 0 Å². The zero-order chi connectivity index (χ0) is 34.2. The molecule has 1 heterocycles. The number of carbonyl (C=O) groups excluding carboxylic acids is 3. The molecule has 2 amide bonds. The number of amides is 2. The molecule has 0 saturated carbocycles. The van der Waals surface area contributed by atoms with Gasteiger partial charge in [-0.05, 0) is 42.9 Å². The van der Waals surface area contributed by atoms with E-state index in [1.165, 1.54) is 4.90 Å². The van der Waals surface area contributed by atoms with Crippen LogP contribution in [-0.4, -0.2) is 47.2 Å². The van der Waals surface area contributed by atoms with Gasteiger partial charge in [-0.25, -0.2) is 4.99 Å². The molecule has 0 saturated heterocycles. The number of hydrogen-bond donors (Lipinski definition) is 3. The highest BCUT2D eigenvalue weighted by Crippen LogP contribution is 2.29. The van der Waals surface area contributed by atoms with Crippen LogP contribution >= 0.6 is 12.2 Å². The highest BCUT2D eigenvalue weighted by Gasteiger charge is 2.35. The molecular formula is C40H35N5O3S. The summed E-state index contributed by atoms with van der Waals surface area (Å²) in [6, 6.07) is 42.2. The Hall–Kier alpha value is -5.93. The molecule has 0 fully saturated rings. The minimum Gasteiger partial charge on any atom is -0.350 e. The average Bonchev–Trinajstić information content (AvgIpc) is 3.23. The first-order chi connectivity index (χ1) is 23.9. The fraction of sp³-hybridized carbons (Fsp3) is 0.125. The molecule has 0 spiro atoms. The van der Waals surface area contributed by atoms with Gasteiger partial charge in [-0.15, -0.1) is 0 Å². The van der Waals surface area contributed by atoms with Crippen molar-refractivity contribution in [3.05, 3.63) is 167 Å². The van der Waals surface area contributed by atoms with Gasteiger partial charge in [0.25, 0.3) is 5.91 Å². The molecular weight excluding hydrogens is 631 g/mol. The van der Waals surface area contributed by atoms with Crippen LogP contribution in [0.2, 0.25) is 0 Å². The monoisotopic (exact) mass is 665 g/mol. The molecule has 5 aromatic rings. The second-order valence-electron chi connectivity index (χ2n) is 11.7. The Bertz CT molecular complexity index is 1980. The molecule has 0 aliphatic carbocycles. The molecule has 0 bridgehead atoms. The van der Waals surface area contributed by atoms with Crippen molar-refractivity contribution in [2.75, 3.05) is 16.8 Å². The maximum absolute atomic E-state index is 14.5. The van der Waals surface area contributed by atoms with Crippen molar-refractivity contribution in [3.63, 3.8) is 0 Å². The first kappa shape index (κ1) is 33.0. The molecule has 1 unspecified atom stereocenters. The zero-order valence-electron chi connectivity index (χ0n) is 26.9. The van der Waals surface area contributed by atoms with Crippen molar-refractivity contribution in [3.8, 4) is 0 Å². The number of Topliss-reactive ketones (excluding diaryl/α,β-unsaturated/α-hetero) is 1. The number of nitrogens with one attached hydrogen (secondary N) is 3. The summed E-state index contributed by atoms with van der Waals surface area (Å²) in [6.45, 7) is 1.71. The molecule has 9 heteroatoms. The number of aryl methyl sites for hydroxylation is 1. The number of carbonyl (C=O) groups is 3. The topological polar surface area (TPSA) is 103 Å². The van der Waals surface area contributed by atoms with Gasteiger partial charge in [-0.1, -0.05) is 127 Å². The minimum atomic E-state index is -1.34. The van der Waals surface area contributed by atoms with Crippen LogP contribution in [0, 0.1) is 6.92 Å². The van der Waals surface area contributed by atoms with E-state index in [4.69, 9.17) is 17.2 Å². The number of hydrogen-bond acceptors (Lipinski definition) is 5. The number of para-hydroxylation sites is 2. The lowest BCUT2D eigenvalue weighted by Crippen LogP contribution is -2.55. The van der Waals surface area contributed by atoms with Crippen molar-refractivity contribution < 1.29 is 14.4 Å². The third-order valence-electron chi connectivity index (χ3n) is 8.15. The highest BCUT2D eigenvalue weighted by atomic mass is 32.1. The van der Waals surface area contributed by atoms with Gasteiger partial charge in [0.2, 0.25) is 12.1 Å². The average molecular weight is 666 g/mol. The molecule has 0 aromatic heterocycles. The predicted octanol–water partition coefficient (Wildman–Crippen LogP) is 6.10. The van der Waals surface area contributed by atoms with E-state index in [0.29, 0.717) is 22.5 Å². The second-order valence-corrected chi connectivity index (χ2v) is 12.1. The fourth-order valence-electron chi connectivity index (χ4n) is 5.63. The van der Waals surface area contributed by atoms with Crippen molar-refractivity contribution >= 4 is 52.0 Å². The summed E-state index contributed by atoms with van der Waals surface area (Å²) >= 11 is 5.61. The Morgan fingerprint density at radius 1 is 0.796 bits per heavy atom. The van der Waals surface area contributed by atoms with Crippen LogP contribution in [0.25, 0.3) is 0 Å². The summed E-state index contributed by atoms with van der Waals surface area (Å²) in [5.41, 5.74) is 5.65. The SMILES string of the molecule is Cc1ccc(C(=O)CN2C(=O)C(NC(=O)[C@@H](Cc3ccccc3)NC(=S)Nc3ccccc3)N=C(c3ccccc3)c3ccccc32)cc1. The number of anilines is 2. The fourth-order valence-corrected chi connectivity index (χ4v) is 5.89. The van der Waals surface area contributed by atoms with Gasteiger partial charge in [0.05, 0.1) is 17.9 Å². The Kier molecular flexibility index (Phi) is 10.3. The van der Waals surface area contributed by atoms with Crippen molar-refractivity contribution in [1.82, 2.24) is 10.6 Å². The first-order valence-electron chi connectivity index (χ1n) is 16.0. The minimum absolute atomic E-state index is 0.236. The number of benzodiazepines with no additional fused rings is 1. The third kappa shape index (κ3) is 8.14. The second kappa shape index (κ2) is 15.3. The summed E-state index contributed by atoms with van der Waals surface area (Å²) in [7, 11) is 0. The van der Waals surface area contributed by atoms with E-state index < -0.39 is 24.0 Å². The van der Waals surface area contributed by atoms with Gasteiger partial charge in [-0.3, -0.25) is 14.4 Å². The molecule has 244 valence electrons. The van der Waals surface area contributed by atoms with Gasteiger partial charge in [0.1, 0.15) is 6.04 Å². The van der Waals surface area contributed by atoms with Crippen molar-refractivity contribution in [2.24, 2.45) is 4.99 Å². The molecule has 49 heavy (non-hydrogen) atoms. The maximum Gasteiger partial charge on any atom is 0.272 e. The van der Waals surface area contributed by atoms with E-state index in [1.54, 1.807) is 18.2 Å². The van der Waals surface area contributed by atoms with E-state index in [2.05, 4.69) is 16.0 Å². The zero-order valence-corrected chi connectivity index (χ0v) is 27.7. The van der Waals surface area contributed by atoms with Gasteiger partial charge >= 0.3 is 0 Å². The number of thiocarbonyl (C=S) groups is 1. The van der Waals surface area contributed by atoms with E-state index in [1.807, 2.05) is 128 Å². The summed E-state index contributed by atoms with van der Waals surface area (Å²) in [6.07, 6.45) is -1.05. The van der Waals surface area contributed by atoms with Gasteiger partial charge in [0.15, 0.2) is 10.9 Å². The Labute approximate surface area is 290 Å². The highest BCUT2D eigenvalue weighted by molar-refractivity contribution is 7.80. The van der Waals surface area contributed by atoms with E-state index in [0.717, 1.165) is 22.4 Å². The summed E-state index contributed by atoms with van der Waals surface area (Å²) in [5.74, 6) is -1.25. The molecule has 8 nitrogen and oxygen atoms in total. The van der Waals surface area contributed by atoms with Crippen LogP contribution < -0.4 is 20.9 Å². The van der Waals surface area contributed by atoms with Crippen molar-refractivity contribution in [2.45, 2.75) is 25.6 Å². The van der Waals surface area contributed by atoms with E-state index >= 15 is 0 Å². The third-order valence-corrected chi connectivity index (χ3v) is 8.37. The predicted molar refractivity (Wildman–Crippen MR) is 198 cm³/mol. The lowest BCUT2D eigenvalue weighted by Gasteiger charge is -2.26. The summed E-state index contributed by atoms with van der Waals surface area (Å²) in [4.78, 5) is 48.6. The number of ketones is 1. The number of rotatable bonds is 10. The summed E-state index contributed by atoms with van der Waals surface area (Å²) < 4.78 is 0. The van der Waals surface area contributed by atoms with Gasteiger partial charge < -0.3 is 20.9 Å². The Morgan fingerprint density at radius 2 is 1.41 bits per heavy atom. The van der Waals surface area contributed by atoms with Crippen LogP contribution in [0.15, 0.2) is 145 Å². The molecule has 0 radical (unpaired) electrons. The van der Waals surface area contributed by atoms with Crippen LogP contribution in [0.4, 0.5) is 11.4 Å². The number of benzene rings is 5. The Balaban J connectivity index is 1.35. The van der Waals surface area contributed by atoms with Crippen LogP contribution in [0.5, 0.6) is 0 Å². The molecule has 1 aliphatic heterocycles. The molecule has 6 rings (SSSR count). The van der Waals surface area contributed by atoms with Crippen molar-refractivity contribution in [1.29, 1.82) is 0 Å². The van der Waals surface area contributed by atoms with E-state index in [9.17, 15) is 14.4 Å². The smallest absolute Gasteiger partial charge is 0.272 e. The van der Waals surface area contributed by atoms with E-state index in [-0.39, 0.29) is 23.9 Å². The first-order valence-corrected chi connectivity index (χ1v) is 16.4. The van der Waals surface area contributed by atoms with Crippen LogP contribution in [-0.2, 0) is 16.0 Å². The Morgan fingerprint density at radius 3 is 2.10 bits per heavy atom. The lowest BCUT2D eigenvalue weighted by molar-refractivity contribution is -0.128. The normalized spacial score (nSPS) is 14.5. The summed E-state index contributed by atoms with van der Waals surface area (Å²) in [5, 5.41) is 9.42. The quantitative estimate of drug-likeness (QED) is 0.123. The number of aliphatic imine (C=N–C) groups is 1. The molecule has 1 aliphatic rings. The molecule has 2 atom stereocenters. The van der Waals surface area contributed by atoms with Gasteiger partial charge in [0, 0.05) is 28.8 Å². The lowest BCUT2D eigenvalue weighted by atomic mass is 10.00.